The van der Waals surface area contributed by atoms with Crippen molar-refractivity contribution in [1.29, 1.82) is 0 Å². The predicted octanol–water partition coefficient (Wildman–Crippen LogP) is 1.37. The highest BCUT2D eigenvalue weighted by atomic mass is 16.5. The number of carbonyl (C=O) groups is 1. The van der Waals surface area contributed by atoms with Crippen LogP contribution in [0.5, 0.6) is 0 Å². The lowest BCUT2D eigenvalue weighted by Gasteiger charge is -2.41. The Balaban J connectivity index is 1.92. The highest BCUT2D eigenvalue weighted by Crippen LogP contribution is 2.23. The normalized spacial score (nSPS) is 22.1. The highest BCUT2D eigenvalue weighted by Gasteiger charge is 2.34. The number of morpholine rings is 1. The first-order valence-corrected chi connectivity index (χ1v) is 6.72. The third-order valence-electron chi connectivity index (χ3n) is 3.37. The number of ether oxygens (including phenoxy) is 1. The van der Waals surface area contributed by atoms with E-state index in [1.807, 2.05) is 25.7 Å². The van der Waals surface area contributed by atoms with E-state index in [4.69, 9.17) is 4.74 Å². The summed E-state index contributed by atoms with van der Waals surface area (Å²) in [6.45, 7) is 7.14. The second-order valence-electron chi connectivity index (χ2n) is 5.82. The monoisotopic (exact) mass is 274 g/mol. The third kappa shape index (κ3) is 2.27. The molecule has 0 saturated carbocycles. The van der Waals surface area contributed by atoms with E-state index >= 15 is 0 Å². The number of hydrogen-bond acceptors (Lipinski definition) is 4. The molecular weight excluding hydrogens is 256 g/mol. The number of aromatic nitrogens is 3. The summed E-state index contributed by atoms with van der Waals surface area (Å²) in [6, 6.07) is 1.79. The molecule has 1 unspecified atom stereocenters. The number of rotatable bonds is 1. The highest BCUT2D eigenvalue weighted by molar-refractivity contribution is 5.99. The van der Waals surface area contributed by atoms with E-state index < -0.39 is 0 Å². The van der Waals surface area contributed by atoms with Crippen LogP contribution in [0.2, 0.25) is 0 Å². The van der Waals surface area contributed by atoms with Crippen LogP contribution in [0, 0.1) is 0 Å². The van der Waals surface area contributed by atoms with E-state index in [0.717, 1.165) is 0 Å². The quantitative estimate of drug-likeness (QED) is 0.788. The molecule has 2 aromatic heterocycles. The van der Waals surface area contributed by atoms with Gasteiger partial charge in [-0.2, -0.15) is 5.10 Å². The zero-order valence-electron chi connectivity index (χ0n) is 11.9. The fourth-order valence-electron chi connectivity index (χ4n) is 2.76. The van der Waals surface area contributed by atoms with Gasteiger partial charge >= 0.3 is 0 Å². The lowest BCUT2D eigenvalue weighted by atomic mass is 10.0. The molecular formula is C14H18N4O2. The van der Waals surface area contributed by atoms with Gasteiger partial charge in [0.2, 0.25) is 0 Å². The topological polar surface area (TPSA) is 59.7 Å². The van der Waals surface area contributed by atoms with Gasteiger partial charge in [0.1, 0.15) is 5.56 Å². The van der Waals surface area contributed by atoms with Gasteiger partial charge in [-0.1, -0.05) is 0 Å². The summed E-state index contributed by atoms with van der Waals surface area (Å²) in [4.78, 5) is 18.7. The van der Waals surface area contributed by atoms with Crippen LogP contribution in [0.1, 0.15) is 31.1 Å². The van der Waals surface area contributed by atoms with Crippen molar-refractivity contribution in [3.05, 3.63) is 30.2 Å². The first-order chi connectivity index (χ1) is 9.46. The van der Waals surface area contributed by atoms with E-state index in [2.05, 4.69) is 10.1 Å². The molecule has 1 atom stereocenters. The molecule has 0 bridgehead atoms. The van der Waals surface area contributed by atoms with Crippen molar-refractivity contribution in [3.63, 3.8) is 0 Å². The molecule has 2 aromatic rings. The van der Waals surface area contributed by atoms with Crippen molar-refractivity contribution in [1.82, 2.24) is 19.5 Å². The summed E-state index contributed by atoms with van der Waals surface area (Å²) in [5.41, 5.74) is 0.800. The van der Waals surface area contributed by atoms with Crippen LogP contribution in [0.4, 0.5) is 0 Å². The molecule has 0 aromatic carbocycles. The van der Waals surface area contributed by atoms with Crippen LogP contribution in [0.15, 0.2) is 24.7 Å². The molecule has 3 rings (SSSR count). The minimum Gasteiger partial charge on any atom is -0.369 e. The summed E-state index contributed by atoms with van der Waals surface area (Å²) in [6.07, 6.45) is 5.06. The van der Waals surface area contributed by atoms with E-state index in [-0.39, 0.29) is 17.6 Å². The number of fused-ring (bicyclic) bond motifs is 1. The fraction of sp³-hybridized carbons (Fsp3) is 0.500. The summed E-state index contributed by atoms with van der Waals surface area (Å²) in [7, 11) is 0. The van der Waals surface area contributed by atoms with Crippen molar-refractivity contribution in [2.75, 3.05) is 13.1 Å². The molecule has 1 aliphatic rings. The number of nitrogens with zero attached hydrogens (tertiary/aromatic N) is 4. The van der Waals surface area contributed by atoms with Crippen LogP contribution in [0.25, 0.3) is 5.65 Å². The third-order valence-corrected chi connectivity index (χ3v) is 3.37. The van der Waals surface area contributed by atoms with Crippen molar-refractivity contribution in [2.24, 2.45) is 0 Å². The lowest BCUT2D eigenvalue weighted by molar-refractivity contribution is -0.118. The van der Waals surface area contributed by atoms with Gasteiger partial charge in [0, 0.05) is 25.5 Å². The molecule has 1 aliphatic heterocycles. The minimum atomic E-state index is -0.330. The molecule has 1 saturated heterocycles. The smallest absolute Gasteiger partial charge is 0.259 e. The molecule has 0 aliphatic carbocycles. The Kier molecular flexibility index (Phi) is 2.97. The van der Waals surface area contributed by atoms with E-state index in [1.54, 1.807) is 29.2 Å². The maximum Gasteiger partial charge on any atom is 0.259 e. The standard InChI is InChI=1S/C14H18N4O2/c1-10-8-17(9-14(2,3)20-10)13(19)11-7-16-18-6-4-5-15-12(11)18/h4-7,10H,8-9H2,1-3H3. The van der Waals surface area contributed by atoms with Gasteiger partial charge in [-0.15, -0.1) is 0 Å². The molecule has 6 nitrogen and oxygen atoms in total. The van der Waals surface area contributed by atoms with Gasteiger partial charge in [-0.05, 0) is 26.8 Å². The summed E-state index contributed by atoms with van der Waals surface area (Å²) < 4.78 is 7.44. The Morgan fingerprint density at radius 3 is 3.05 bits per heavy atom. The zero-order chi connectivity index (χ0) is 14.3. The first-order valence-electron chi connectivity index (χ1n) is 6.72. The predicted molar refractivity (Wildman–Crippen MR) is 73.5 cm³/mol. The van der Waals surface area contributed by atoms with Crippen LogP contribution in [-0.4, -0.2) is 50.2 Å². The van der Waals surface area contributed by atoms with Crippen molar-refractivity contribution >= 4 is 11.6 Å². The Hall–Kier alpha value is -1.95. The van der Waals surface area contributed by atoms with Crippen LogP contribution in [0.3, 0.4) is 0 Å². The number of amides is 1. The molecule has 1 amide bonds. The molecule has 0 spiro atoms. The second kappa shape index (κ2) is 4.56. The molecule has 6 heteroatoms. The molecule has 1 fully saturated rings. The Morgan fingerprint density at radius 2 is 2.30 bits per heavy atom. The summed E-state index contributed by atoms with van der Waals surface area (Å²) in [5.74, 6) is -0.0399. The van der Waals surface area contributed by atoms with Crippen molar-refractivity contribution in [2.45, 2.75) is 32.5 Å². The van der Waals surface area contributed by atoms with E-state index in [1.165, 1.54) is 0 Å². The number of hydrogen-bond donors (Lipinski definition) is 0. The van der Waals surface area contributed by atoms with Crippen molar-refractivity contribution < 1.29 is 9.53 Å². The van der Waals surface area contributed by atoms with Crippen LogP contribution >= 0.6 is 0 Å². The SMILES string of the molecule is CC1CN(C(=O)c2cnn3cccnc23)CC(C)(C)O1. The maximum atomic E-state index is 12.7. The summed E-state index contributed by atoms with van der Waals surface area (Å²) >= 11 is 0. The molecule has 106 valence electrons. The van der Waals surface area contributed by atoms with E-state index in [0.29, 0.717) is 24.3 Å². The second-order valence-corrected chi connectivity index (χ2v) is 5.82. The van der Waals surface area contributed by atoms with Gasteiger partial charge in [0.05, 0.1) is 17.9 Å². The molecule has 20 heavy (non-hydrogen) atoms. The van der Waals surface area contributed by atoms with Gasteiger partial charge in [-0.3, -0.25) is 4.79 Å². The average Bonchev–Trinajstić information content (AvgIpc) is 2.79. The lowest BCUT2D eigenvalue weighted by Crippen LogP contribution is -2.53. The van der Waals surface area contributed by atoms with E-state index in [9.17, 15) is 4.79 Å². The Labute approximate surface area is 117 Å². The Morgan fingerprint density at radius 1 is 1.50 bits per heavy atom. The van der Waals surface area contributed by atoms with Gasteiger partial charge in [-0.25, -0.2) is 9.50 Å². The summed E-state index contributed by atoms with van der Waals surface area (Å²) in [5, 5.41) is 4.17. The average molecular weight is 274 g/mol. The van der Waals surface area contributed by atoms with Gasteiger partial charge in [0.25, 0.3) is 5.91 Å². The van der Waals surface area contributed by atoms with Crippen LogP contribution in [-0.2, 0) is 4.74 Å². The molecule has 0 radical (unpaired) electrons. The first kappa shape index (κ1) is 13.1. The zero-order valence-corrected chi connectivity index (χ0v) is 11.9. The van der Waals surface area contributed by atoms with Crippen LogP contribution < -0.4 is 0 Å². The van der Waals surface area contributed by atoms with Crippen molar-refractivity contribution in [3.8, 4) is 0 Å². The largest absolute Gasteiger partial charge is 0.369 e. The van der Waals surface area contributed by atoms with Gasteiger partial charge in [0.15, 0.2) is 5.65 Å². The Bertz CT molecular complexity index is 649. The fourth-order valence-corrected chi connectivity index (χ4v) is 2.76. The minimum absolute atomic E-state index is 0.0255. The van der Waals surface area contributed by atoms with Gasteiger partial charge < -0.3 is 9.64 Å². The number of carbonyl (C=O) groups excluding carboxylic acids is 1. The maximum absolute atomic E-state index is 12.7. The molecule has 0 N–H and O–H groups in total. The molecule has 3 heterocycles.